The number of hydrogen-bond acceptors (Lipinski definition) is 4. The van der Waals surface area contributed by atoms with Gasteiger partial charge < -0.3 is 14.1 Å². The van der Waals surface area contributed by atoms with Crippen LogP contribution in [0.15, 0.2) is 47.1 Å². The highest BCUT2D eigenvalue weighted by molar-refractivity contribution is 7.99. The minimum atomic E-state index is -0.454. The second-order valence-electron chi connectivity index (χ2n) is 5.26. The summed E-state index contributed by atoms with van der Waals surface area (Å²) in [5, 5.41) is 0.273. The molecule has 0 aliphatic carbocycles. The van der Waals surface area contributed by atoms with Crippen molar-refractivity contribution in [2.45, 2.75) is 11.7 Å². The number of thioether (sulfide) groups is 1. The SMILES string of the molecule is O=C(COc1ccccc1F)N1CCS[C@H](c2ccco2)CC1. The van der Waals surface area contributed by atoms with E-state index in [1.807, 2.05) is 12.1 Å². The maximum atomic E-state index is 13.5. The third kappa shape index (κ3) is 4.07. The average Bonchev–Trinajstić information content (AvgIpc) is 2.98. The maximum Gasteiger partial charge on any atom is 0.260 e. The van der Waals surface area contributed by atoms with Crippen LogP contribution in [0.3, 0.4) is 0 Å². The van der Waals surface area contributed by atoms with E-state index in [1.54, 1.807) is 35.1 Å². The Morgan fingerprint density at radius 3 is 2.96 bits per heavy atom. The fourth-order valence-corrected chi connectivity index (χ4v) is 3.69. The Hall–Kier alpha value is -1.95. The molecule has 2 heterocycles. The van der Waals surface area contributed by atoms with Crippen LogP contribution in [0.1, 0.15) is 17.4 Å². The van der Waals surface area contributed by atoms with Crippen molar-refractivity contribution >= 4 is 17.7 Å². The van der Waals surface area contributed by atoms with Gasteiger partial charge in [-0.2, -0.15) is 0 Å². The number of amides is 1. The van der Waals surface area contributed by atoms with Crippen LogP contribution < -0.4 is 4.74 Å². The summed E-state index contributed by atoms with van der Waals surface area (Å²) in [4.78, 5) is 14.0. The zero-order chi connectivity index (χ0) is 16.1. The van der Waals surface area contributed by atoms with Gasteiger partial charge in [0.15, 0.2) is 18.2 Å². The summed E-state index contributed by atoms with van der Waals surface area (Å²) in [5.74, 6) is 1.33. The number of nitrogens with zero attached hydrogens (tertiary/aromatic N) is 1. The van der Waals surface area contributed by atoms with Crippen molar-refractivity contribution < 1.29 is 18.3 Å². The van der Waals surface area contributed by atoms with Gasteiger partial charge in [0.2, 0.25) is 0 Å². The van der Waals surface area contributed by atoms with Gasteiger partial charge in [-0.3, -0.25) is 4.79 Å². The Kier molecular flexibility index (Phi) is 5.23. The van der Waals surface area contributed by atoms with E-state index in [1.165, 1.54) is 12.1 Å². The second-order valence-corrected chi connectivity index (χ2v) is 6.57. The van der Waals surface area contributed by atoms with Crippen LogP contribution in [0, 0.1) is 5.82 Å². The Morgan fingerprint density at radius 1 is 1.30 bits per heavy atom. The van der Waals surface area contributed by atoms with Crippen molar-refractivity contribution in [2.24, 2.45) is 0 Å². The standard InChI is InChI=1S/C17H18FNO3S/c18-13-4-1-2-5-14(13)22-12-17(20)19-8-7-16(23-11-9-19)15-6-3-10-21-15/h1-6,10,16H,7-9,11-12H2/t16-/m0/s1. The molecule has 4 nitrogen and oxygen atoms in total. The van der Waals surface area contributed by atoms with Crippen molar-refractivity contribution in [1.29, 1.82) is 0 Å². The molecule has 1 aromatic carbocycles. The zero-order valence-electron chi connectivity index (χ0n) is 12.6. The van der Waals surface area contributed by atoms with E-state index in [0.717, 1.165) is 17.9 Å². The van der Waals surface area contributed by atoms with E-state index in [4.69, 9.17) is 9.15 Å². The molecule has 3 rings (SSSR count). The molecule has 1 aliphatic heterocycles. The number of furan rings is 1. The number of para-hydroxylation sites is 1. The molecule has 0 saturated carbocycles. The summed E-state index contributed by atoms with van der Waals surface area (Å²) in [6, 6.07) is 9.96. The summed E-state index contributed by atoms with van der Waals surface area (Å²) in [6.07, 6.45) is 2.51. The molecule has 23 heavy (non-hydrogen) atoms. The topological polar surface area (TPSA) is 42.7 Å². The molecule has 0 spiro atoms. The van der Waals surface area contributed by atoms with Crippen molar-refractivity contribution in [3.63, 3.8) is 0 Å². The number of rotatable bonds is 4. The minimum Gasteiger partial charge on any atom is -0.481 e. The third-order valence-electron chi connectivity index (χ3n) is 3.74. The predicted octanol–water partition coefficient (Wildman–Crippen LogP) is 3.50. The van der Waals surface area contributed by atoms with Crippen LogP contribution in [0.2, 0.25) is 0 Å². The lowest BCUT2D eigenvalue weighted by Gasteiger charge is -2.20. The second kappa shape index (κ2) is 7.55. The van der Waals surface area contributed by atoms with Gasteiger partial charge in [-0.15, -0.1) is 11.8 Å². The van der Waals surface area contributed by atoms with E-state index >= 15 is 0 Å². The monoisotopic (exact) mass is 335 g/mol. The number of ether oxygens (including phenoxy) is 1. The lowest BCUT2D eigenvalue weighted by Crippen LogP contribution is -2.36. The van der Waals surface area contributed by atoms with Crippen molar-refractivity contribution in [3.8, 4) is 5.75 Å². The average molecular weight is 335 g/mol. The van der Waals surface area contributed by atoms with Gasteiger partial charge in [0.25, 0.3) is 5.91 Å². The van der Waals surface area contributed by atoms with Gasteiger partial charge in [-0.05, 0) is 30.7 Å². The molecule has 0 radical (unpaired) electrons. The first-order chi connectivity index (χ1) is 11.2. The van der Waals surface area contributed by atoms with Gasteiger partial charge in [-0.1, -0.05) is 12.1 Å². The third-order valence-corrected chi connectivity index (χ3v) is 5.03. The molecule has 0 bridgehead atoms. The molecule has 0 N–H and O–H groups in total. The van der Waals surface area contributed by atoms with E-state index in [-0.39, 0.29) is 23.5 Å². The van der Waals surface area contributed by atoms with Crippen molar-refractivity contribution in [1.82, 2.24) is 4.90 Å². The van der Waals surface area contributed by atoms with Gasteiger partial charge in [0.1, 0.15) is 5.76 Å². The van der Waals surface area contributed by atoms with E-state index < -0.39 is 5.82 Å². The lowest BCUT2D eigenvalue weighted by molar-refractivity contribution is -0.133. The lowest BCUT2D eigenvalue weighted by atomic mass is 10.2. The molecular weight excluding hydrogens is 317 g/mol. The Labute approximate surface area is 138 Å². The normalized spacial score (nSPS) is 18.5. The van der Waals surface area contributed by atoms with Crippen molar-refractivity contribution in [3.05, 3.63) is 54.2 Å². The molecule has 1 saturated heterocycles. The molecule has 122 valence electrons. The van der Waals surface area contributed by atoms with Crippen LogP contribution >= 0.6 is 11.8 Å². The fourth-order valence-electron chi connectivity index (χ4n) is 2.51. The minimum absolute atomic E-state index is 0.110. The fraction of sp³-hybridized carbons (Fsp3) is 0.353. The Bertz CT molecular complexity index is 647. The largest absolute Gasteiger partial charge is 0.481 e. The molecule has 1 amide bonds. The maximum absolute atomic E-state index is 13.5. The highest BCUT2D eigenvalue weighted by Gasteiger charge is 2.23. The van der Waals surface area contributed by atoms with Crippen molar-refractivity contribution in [2.75, 3.05) is 25.4 Å². The predicted molar refractivity (Wildman–Crippen MR) is 87.0 cm³/mol. The first-order valence-corrected chi connectivity index (χ1v) is 8.59. The number of carbonyl (C=O) groups is 1. The van der Waals surface area contributed by atoms with Gasteiger partial charge in [0, 0.05) is 18.8 Å². The summed E-state index contributed by atoms with van der Waals surface area (Å²) in [7, 11) is 0. The molecule has 1 atom stereocenters. The van der Waals surface area contributed by atoms with Crippen LogP contribution in [0.5, 0.6) is 5.75 Å². The molecule has 0 unspecified atom stereocenters. The first kappa shape index (κ1) is 15.9. The molecule has 2 aromatic rings. The number of halogens is 1. The van der Waals surface area contributed by atoms with E-state index in [9.17, 15) is 9.18 Å². The van der Waals surface area contributed by atoms with Gasteiger partial charge >= 0.3 is 0 Å². The summed E-state index contributed by atoms with van der Waals surface area (Å²) in [6.45, 7) is 1.18. The number of benzene rings is 1. The molecule has 1 aromatic heterocycles. The smallest absolute Gasteiger partial charge is 0.260 e. The van der Waals surface area contributed by atoms with Crippen LogP contribution in [0.4, 0.5) is 4.39 Å². The summed E-state index contributed by atoms with van der Waals surface area (Å²) < 4.78 is 24.2. The molecule has 6 heteroatoms. The molecule has 1 aliphatic rings. The van der Waals surface area contributed by atoms with E-state index in [0.29, 0.717) is 13.1 Å². The van der Waals surface area contributed by atoms with Crippen LogP contribution in [0.25, 0.3) is 0 Å². The Balaban J connectivity index is 1.53. The van der Waals surface area contributed by atoms with Gasteiger partial charge in [0.05, 0.1) is 11.5 Å². The van der Waals surface area contributed by atoms with Gasteiger partial charge in [-0.25, -0.2) is 4.39 Å². The highest BCUT2D eigenvalue weighted by Crippen LogP contribution is 2.34. The quantitative estimate of drug-likeness (QED) is 0.858. The Morgan fingerprint density at radius 2 is 2.17 bits per heavy atom. The zero-order valence-corrected chi connectivity index (χ0v) is 13.4. The number of carbonyl (C=O) groups excluding carboxylic acids is 1. The van der Waals surface area contributed by atoms with E-state index in [2.05, 4.69) is 0 Å². The van der Waals surface area contributed by atoms with Crippen LogP contribution in [-0.4, -0.2) is 36.3 Å². The summed E-state index contributed by atoms with van der Waals surface area (Å²) in [5.41, 5.74) is 0. The molecular formula is C17H18FNO3S. The molecule has 1 fully saturated rings. The first-order valence-electron chi connectivity index (χ1n) is 7.54. The van der Waals surface area contributed by atoms with Crippen LogP contribution in [-0.2, 0) is 4.79 Å². The highest BCUT2D eigenvalue weighted by atomic mass is 32.2. The number of hydrogen-bond donors (Lipinski definition) is 0. The summed E-state index contributed by atoms with van der Waals surface area (Å²) >= 11 is 1.79.